The minimum atomic E-state index is -4.28. The minimum Gasteiger partial charge on any atom is -0.460 e. The number of pyridine rings is 1. The van der Waals surface area contributed by atoms with E-state index in [1.165, 1.54) is 4.31 Å². The highest BCUT2D eigenvalue weighted by atomic mass is 32.2. The Morgan fingerprint density at radius 2 is 1.84 bits per heavy atom. The number of rotatable bonds is 17. The fourth-order valence-electron chi connectivity index (χ4n) is 8.85. The molecule has 3 aromatic rings. The normalized spacial score (nSPS) is 24.7. The zero-order chi connectivity index (χ0) is 41.7. The van der Waals surface area contributed by atoms with Gasteiger partial charge in [-0.15, -0.1) is 6.58 Å². The van der Waals surface area contributed by atoms with Crippen LogP contribution in [0.1, 0.15) is 84.1 Å². The van der Waals surface area contributed by atoms with Gasteiger partial charge in [-0.2, -0.15) is 4.31 Å². The van der Waals surface area contributed by atoms with Crippen molar-refractivity contribution in [3.63, 3.8) is 0 Å². The first kappa shape index (κ1) is 43.2. The zero-order valence-electron chi connectivity index (χ0n) is 34.2. The van der Waals surface area contributed by atoms with Gasteiger partial charge in [-0.1, -0.05) is 48.3 Å². The Balaban J connectivity index is 1.62. The summed E-state index contributed by atoms with van der Waals surface area (Å²) in [6.07, 6.45) is 9.17. The maximum Gasteiger partial charge on any atom is 0.412 e. The van der Waals surface area contributed by atoms with E-state index in [0.717, 1.165) is 36.8 Å². The summed E-state index contributed by atoms with van der Waals surface area (Å²) in [5, 5.41) is 27.9. The van der Waals surface area contributed by atoms with Gasteiger partial charge < -0.3 is 34.6 Å². The Morgan fingerprint density at radius 3 is 2.55 bits per heavy atom. The van der Waals surface area contributed by atoms with Gasteiger partial charge in [-0.25, -0.2) is 13.2 Å². The number of aromatic nitrogens is 1. The molecule has 6 rings (SSSR count). The fraction of sp³-hybridized carbons (Fsp3) is 0.523. The smallest absolute Gasteiger partial charge is 0.412 e. The van der Waals surface area contributed by atoms with Gasteiger partial charge in [-0.05, 0) is 101 Å². The van der Waals surface area contributed by atoms with E-state index in [9.17, 15) is 15.0 Å². The molecule has 0 bridgehead atoms. The van der Waals surface area contributed by atoms with Crippen LogP contribution in [0.3, 0.4) is 0 Å². The van der Waals surface area contributed by atoms with E-state index < -0.39 is 39.5 Å². The van der Waals surface area contributed by atoms with Crippen LogP contribution in [0.4, 0.5) is 4.79 Å². The third kappa shape index (κ3) is 8.81. The monoisotopic (exact) mass is 818 g/mol. The number of carbonyl (C=O) groups excluding carboxylic acids is 1. The number of benzene rings is 2. The number of allylic oxidation sites excluding steroid dienone is 1. The van der Waals surface area contributed by atoms with E-state index in [-0.39, 0.29) is 48.9 Å². The molecule has 3 N–H and O–H groups in total. The van der Waals surface area contributed by atoms with Crippen molar-refractivity contribution < 1.29 is 42.5 Å². The SMILES string of the molecule is C=CCOC12Oc3ccc(OC(=O)NCC)cc3C3C(CCCCO)C(CCCCO)C=C(C(=NOC(C)(C)C)CC1N(C)S(=O)(=O)c1cccc4cccnc14)C32. The van der Waals surface area contributed by atoms with Gasteiger partial charge in [0.1, 0.15) is 22.0 Å². The molecule has 1 amide bonds. The quantitative estimate of drug-likeness (QED) is 0.0726. The number of sulfonamides is 1. The summed E-state index contributed by atoms with van der Waals surface area (Å²) < 4.78 is 51.3. The van der Waals surface area contributed by atoms with Crippen molar-refractivity contribution >= 4 is 32.7 Å². The van der Waals surface area contributed by atoms with E-state index in [2.05, 4.69) is 23.0 Å². The van der Waals surface area contributed by atoms with Crippen molar-refractivity contribution in [2.45, 2.75) is 101 Å². The number of amides is 1. The highest BCUT2D eigenvalue weighted by molar-refractivity contribution is 7.89. The molecular formula is C44H58N4O9S. The van der Waals surface area contributed by atoms with Gasteiger partial charge in [-0.3, -0.25) is 4.98 Å². The van der Waals surface area contributed by atoms with Crippen LogP contribution in [0, 0.1) is 17.8 Å². The number of nitrogens with one attached hydrogen (secondary N) is 1. The molecule has 1 saturated carbocycles. The molecule has 1 fully saturated rings. The fourth-order valence-corrected chi connectivity index (χ4v) is 10.4. The summed E-state index contributed by atoms with van der Waals surface area (Å²) in [6, 6.07) is 13.0. The number of para-hydroxylation sites is 1. The Bertz CT molecular complexity index is 2110. The highest BCUT2D eigenvalue weighted by Gasteiger charge is 2.65. The molecule has 0 radical (unpaired) electrons. The minimum absolute atomic E-state index is 0.00267. The standard InChI is InChI=1S/C44H58N4O9S/c1-7-25-54-44-38(48(6)58(52,53)37-19-13-16-29-17-14-22-46-41(29)37)28-35(47-57-43(3,4)5)33-26-30(15-9-11-23-49)32(18-10-12-24-50)39(40(33)44)34-27-31(20-21-36(34)56-44)55-42(51)45-8-2/h7,13-14,16-17,19-22,26-27,30,32,38-40,49-50H,1,8-12,15,18,23-25,28H2,2-6H3,(H,45,51). The summed E-state index contributed by atoms with van der Waals surface area (Å²) in [7, 11) is -2.73. The lowest BCUT2D eigenvalue weighted by atomic mass is 9.55. The molecule has 0 saturated heterocycles. The molecule has 14 heteroatoms. The number of oxime groups is 1. The summed E-state index contributed by atoms with van der Waals surface area (Å²) in [6.45, 7) is 12.0. The van der Waals surface area contributed by atoms with Crippen molar-refractivity contribution in [3.8, 4) is 11.5 Å². The number of nitrogens with zero attached hydrogens (tertiary/aromatic N) is 3. The number of aliphatic hydroxyl groups excluding tert-OH is 2. The third-order valence-corrected chi connectivity index (χ3v) is 13.2. The van der Waals surface area contributed by atoms with Crippen LogP contribution in [-0.4, -0.2) is 90.6 Å². The molecule has 2 aliphatic carbocycles. The Hall–Kier alpha value is -4.34. The van der Waals surface area contributed by atoms with Crippen molar-refractivity contribution in [1.29, 1.82) is 0 Å². The number of ether oxygens (including phenoxy) is 3. The van der Waals surface area contributed by atoms with Crippen molar-refractivity contribution in [2.75, 3.05) is 33.4 Å². The lowest BCUT2D eigenvalue weighted by Gasteiger charge is -2.59. The number of likely N-dealkylation sites (N-methyl/N-ethyl adjacent to an activating group) is 1. The first-order valence-corrected chi connectivity index (χ1v) is 21.8. The molecule has 1 aromatic heterocycles. The number of hydrogen-bond donors (Lipinski definition) is 3. The number of unbranched alkanes of at least 4 members (excludes halogenated alkanes) is 2. The van der Waals surface area contributed by atoms with Crippen LogP contribution in [0.15, 0.2) is 89.1 Å². The Labute approximate surface area is 342 Å². The predicted molar refractivity (Wildman–Crippen MR) is 222 cm³/mol. The van der Waals surface area contributed by atoms with Gasteiger partial charge in [0, 0.05) is 56.3 Å². The molecular weight excluding hydrogens is 761 g/mol. The van der Waals surface area contributed by atoms with Crippen LogP contribution < -0.4 is 14.8 Å². The molecule has 314 valence electrons. The van der Waals surface area contributed by atoms with Crippen molar-refractivity contribution in [3.05, 3.63) is 84.6 Å². The average molecular weight is 819 g/mol. The molecule has 2 aromatic carbocycles. The summed E-state index contributed by atoms with van der Waals surface area (Å²) in [5.74, 6) is -1.84. The molecule has 2 heterocycles. The van der Waals surface area contributed by atoms with Crippen molar-refractivity contribution in [2.24, 2.45) is 22.9 Å². The average Bonchev–Trinajstić information content (AvgIpc) is 3.19. The lowest BCUT2D eigenvalue weighted by Crippen LogP contribution is -2.69. The van der Waals surface area contributed by atoms with E-state index in [0.29, 0.717) is 47.5 Å². The van der Waals surface area contributed by atoms with E-state index in [1.807, 2.05) is 45.9 Å². The number of hydrogen-bond acceptors (Lipinski definition) is 11. The predicted octanol–water partition coefficient (Wildman–Crippen LogP) is 7.10. The number of aliphatic hydroxyl groups is 2. The summed E-state index contributed by atoms with van der Waals surface area (Å²) in [5.41, 5.74) is 1.89. The van der Waals surface area contributed by atoms with E-state index >= 15 is 8.42 Å². The van der Waals surface area contributed by atoms with Crippen LogP contribution in [0.5, 0.6) is 11.5 Å². The molecule has 1 aliphatic heterocycles. The van der Waals surface area contributed by atoms with Crippen LogP contribution >= 0.6 is 0 Å². The Kier molecular flexibility index (Phi) is 13.6. The van der Waals surface area contributed by atoms with Crippen LogP contribution in [0.25, 0.3) is 10.9 Å². The molecule has 6 unspecified atom stereocenters. The molecule has 6 atom stereocenters. The Morgan fingerprint density at radius 1 is 1.10 bits per heavy atom. The molecule has 13 nitrogen and oxygen atoms in total. The summed E-state index contributed by atoms with van der Waals surface area (Å²) >= 11 is 0. The largest absolute Gasteiger partial charge is 0.460 e. The van der Waals surface area contributed by atoms with Gasteiger partial charge in [0.25, 0.3) is 0 Å². The second-order valence-corrected chi connectivity index (χ2v) is 18.2. The van der Waals surface area contributed by atoms with Gasteiger partial charge in [0.05, 0.1) is 29.8 Å². The van der Waals surface area contributed by atoms with Crippen molar-refractivity contribution in [1.82, 2.24) is 14.6 Å². The number of fused-ring (bicyclic) bond motifs is 3. The van der Waals surface area contributed by atoms with Gasteiger partial charge in [0.15, 0.2) is 0 Å². The third-order valence-electron chi connectivity index (χ3n) is 11.3. The summed E-state index contributed by atoms with van der Waals surface area (Å²) in [4.78, 5) is 23.4. The van der Waals surface area contributed by atoms with E-state index in [4.69, 9.17) is 24.2 Å². The lowest BCUT2D eigenvalue weighted by molar-refractivity contribution is -0.250. The molecule has 3 aliphatic rings. The second kappa shape index (κ2) is 18.3. The molecule has 0 spiro atoms. The topological polar surface area (TPSA) is 169 Å². The zero-order valence-corrected chi connectivity index (χ0v) is 35.0. The highest BCUT2D eigenvalue weighted by Crippen LogP contribution is 2.62. The van der Waals surface area contributed by atoms with Crippen LogP contribution in [-0.2, 0) is 19.6 Å². The van der Waals surface area contributed by atoms with Gasteiger partial charge in [0.2, 0.25) is 15.8 Å². The number of carbonyl (C=O) groups is 1. The van der Waals surface area contributed by atoms with Gasteiger partial charge >= 0.3 is 6.09 Å². The van der Waals surface area contributed by atoms with Crippen LogP contribution in [0.2, 0.25) is 0 Å². The molecule has 58 heavy (non-hydrogen) atoms. The first-order valence-electron chi connectivity index (χ1n) is 20.3. The maximum absolute atomic E-state index is 15.1. The maximum atomic E-state index is 15.1. The second-order valence-electron chi connectivity index (χ2n) is 16.2. The van der Waals surface area contributed by atoms with E-state index in [1.54, 1.807) is 49.7 Å². The first-order chi connectivity index (χ1) is 27.8.